The summed E-state index contributed by atoms with van der Waals surface area (Å²) in [6.07, 6.45) is 7.03. The van der Waals surface area contributed by atoms with Crippen LogP contribution < -0.4 is 15.0 Å². The second-order valence-corrected chi connectivity index (χ2v) is 5.88. The van der Waals surface area contributed by atoms with Gasteiger partial charge in [0.05, 0.1) is 13.4 Å². The average molecular weight is 312 g/mol. The molecule has 2 aromatic rings. The normalized spacial score (nSPS) is 18.0. The summed E-state index contributed by atoms with van der Waals surface area (Å²) in [7, 11) is 1.71. The molecule has 1 unspecified atom stereocenters. The molecule has 0 saturated carbocycles. The maximum absolute atomic E-state index is 5.31. The van der Waals surface area contributed by atoms with Gasteiger partial charge in [0.25, 0.3) is 0 Å². The van der Waals surface area contributed by atoms with Gasteiger partial charge in [-0.15, -0.1) is 0 Å². The third kappa shape index (κ3) is 4.39. The van der Waals surface area contributed by atoms with Crippen molar-refractivity contribution in [3.63, 3.8) is 0 Å². The van der Waals surface area contributed by atoms with Crippen molar-refractivity contribution in [3.05, 3.63) is 54.5 Å². The van der Waals surface area contributed by atoms with Crippen LogP contribution in [0.25, 0.3) is 6.08 Å². The van der Waals surface area contributed by atoms with Crippen molar-refractivity contribution in [2.75, 3.05) is 38.2 Å². The fourth-order valence-electron chi connectivity index (χ4n) is 2.97. The summed E-state index contributed by atoms with van der Waals surface area (Å²) in [6, 6.07) is 12.2. The quantitative estimate of drug-likeness (QED) is 0.795. The van der Waals surface area contributed by atoms with Crippen LogP contribution in [0, 0.1) is 5.92 Å². The molecule has 0 bridgehead atoms. The van der Waals surface area contributed by atoms with Crippen LogP contribution in [-0.4, -0.2) is 33.3 Å². The van der Waals surface area contributed by atoms with Gasteiger partial charge in [-0.2, -0.15) is 0 Å². The van der Waals surface area contributed by atoms with Gasteiger partial charge < -0.3 is 19.4 Å². The van der Waals surface area contributed by atoms with E-state index in [1.54, 1.807) is 13.4 Å². The van der Waals surface area contributed by atoms with Crippen LogP contribution in [0.2, 0.25) is 0 Å². The molecule has 0 radical (unpaired) electrons. The average Bonchev–Trinajstić information content (AvgIpc) is 3.26. The highest BCUT2D eigenvalue weighted by molar-refractivity contribution is 5.51. The van der Waals surface area contributed by atoms with Crippen LogP contribution in [0.4, 0.5) is 5.69 Å². The third-order valence-electron chi connectivity index (χ3n) is 4.22. The van der Waals surface area contributed by atoms with Crippen molar-refractivity contribution in [3.8, 4) is 5.75 Å². The number of anilines is 1. The number of nitrogens with zero attached hydrogens (tertiary/aromatic N) is 1. The van der Waals surface area contributed by atoms with E-state index in [9.17, 15) is 0 Å². The van der Waals surface area contributed by atoms with Gasteiger partial charge in [-0.25, -0.2) is 0 Å². The molecule has 1 fully saturated rings. The number of methoxy groups -OCH3 is 1. The Kier molecular flexibility index (Phi) is 5.37. The SMILES string of the molecule is COc1cccc(N2CCC(CNC/C=C/c3ccco3)C2)c1. The largest absolute Gasteiger partial charge is 0.497 e. The fraction of sp³-hybridized carbons (Fsp3) is 0.368. The lowest BCUT2D eigenvalue weighted by Crippen LogP contribution is -2.26. The Morgan fingerprint density at radius 2 is 2.30 bits per heavy atom. The molecule has 1 atom stereocenters. The Morgan fingerprint density at radius 1 is 1.35 bits per heavy atom. The molecule has 1 aromatic carbocycles. The summed E-state index contributed by atoms with van der Waals surface area (Å²) < 4.78 is 10.6. The van der Waals surface area contributed by atoms with E-state index < -0.39 is 0 Å². The molecule has 1 saturated heterocycles. The number of ether oxygens (including phenoxy) is 1. The Morgan fingerprint density at radius 3 is 3.13 bits per heavy atom. The van der Waals surface area contributed by atoms with Crippen molar-refractivity contribution >= 4 is 11.8 Å². The molecule has 3 rings (SSSR count). The molecule has 0 aliphatic carbocycles. The topological polar surface area (TPSA) is 37.6 Å². The number of nitrogens with one attached hydrogen (secondary N) is 1. The number of benzene rings is 1. The van der Waals surface area contributed by atoms with Crippen molar-refractivity contribution in [2.24, 2.45) is 5.92 Å². The molecular formula is C19H24N2O2. The molecule has 0 amide bonds. The summed E-state index contributed by atoms with van der Waals surface area (Å²) in [5.41, 5.74) is 1.25. The van der Waals surface area contributed by atoms with Gasteiger partial charge in [0.2, 0.25) is 0 Å². The summed E-state index contributed by atoms with van der Waals surface area (Å²) in [6.45, 7) is 4.13. The van der Waals surface area contributed by atoms with E-state index in [2.05, 4.69) is 34.5 Å². The lowest BCUT2D eigenvalue weighted by molar-refractivity contribution is 0.415. The van der Waals surface area contributed by atoms with Crippen molar-refractivity contribution < 1.29 is 9.15 Å². The summed E-state index contributed by atoms with van der Waals surface area (Å²) in [5, 5.41) is 3.50. The van der Waals surface area contributed by atoms with Crippen LogP contribution in [0.15, 0.2) is 53.2 Å². The Bertz CT molecular complexity index is 622. The van der Waals surface area contributed by atoms with E-state index in [1.165, 1.54) is 12.1 Å². The number of hydrogen-bond donors (Lipinski definition) is 1. The molecule has 1 aliphatic heterocycles. The van der Waals surface area contributed by atoms with Gasteiger partial charge >= 0.3 is 0 Å². The predicted octanol–water partition coefficient (Wildman–Crippen LogP) is 3.42. The first kappa shape index (κ1) is 15.7. The molecule has 1 aromatic heterocycles. The predicted molar refractivity (Wildman–Crippen MR) is 93.9 cm³/mol. The molecular weight excluding hydrogens is 288 g/mol. The van der Waals surface area contributed by atoms with Gasteiger partial charge in [-0.3, -0.25) is 0 Å². The first-order valence-corrected chi connectivity index (χ1v) is 8.15. The van der Waals surface area contributed by atoms with E-state index in [-0.39, 0.29) is 0 Å². The lowest BCUT2D eigenvalue weighted by atomic mass is 10.1. The van der Waals surface area contributed by atoms with Crippen LogP contribution in [0.1, 0.15) is 12.2 Å². The van der Waals surface area contributed by atoms with E-state index >= 15 is 0 Å². The Labute approximate surface area is 137 Å². The zero-order chi connectivity index (χ0) is 15.9. The van der Waals surface area contributed by atoms with E-state index in [1.807, 2.05) is 24.3 Å². The van der Waals surface area contributed by atoms with Gasteiger partial charge in [-0.05, 0) is 42.7 Å². The maximum atomic E-state index is 5.31. The van der Waals surface area contributed by atoms with E-state index in [4.69, 9.17) is 9.15 Å². The second kappa shape index (κ2) is 7.88. The molecule has 1 aliphatic rings. The Hall–Kier alpha value is -2.20. The van der Waals surface area contributed by atoms with Crippen molar-refractivity contribution in [2.45, 2.75) is 6.42 Å². The highest BCUT2D eigenvalue weighted by Crippen LogP contribution is 2.26. The number of hydrogen-bond acceptors (Lipinski definition) is 4. The molecule has 0 spiro atoms. The standard InChI is InChI=1S/C19H24N2O2/c1-22-19-6-2-5-17(13-19)21-11-9-16(15-21)14-20-10-3-7-18-8-4-12-23-18/h2-8,12-13,16,20H,9-11,14-15H2,1H3/b7-3+. The minimum absolute atomic E-state index is 0.693. The van der Waals surface area contributed by atoms with Gasteiger partial charge in [-0.1, -0.05) is 12.1 Å². The maximum Gasteiger partial charge on any atom is 0.126 e. The first-order chi connectivity index (χ1) is 11.3. The molecule has 4 heteroatoms. The molecule has 23 heavy (non-hydrogen) atoms. The highest BCUT2D eigenvalue weighted by atomic mass is 16.5. The van der Waals surface area contributed by atoms with Crippen LogP contribution in [0.5, 0.6) is 5.75 Å². The van der Waals surface area contributed by atoms with E-state index in [0.29, 0.717) is 5.92 Å². The Balaban J connectivity index is 1.41. The smallest absolute Gasteiger partial charge is 0.126 e. The minimum atomic E-state index is 0.693. The fourth-order valence-corrected chi connectivity index (χ4v) is 2.97. The van der Waals surface area contributed by atoms with Gasteiger partial charge in [0.1, 0.15) is 11.5 Å². The molecule has 4 nitrogen and oxygen atoms in total. The van der Waals surface area contributed by atoms with Gasteiger partial charge in [0.15, 0.2) is 0 Å². The molecule has 1 N–H and O–H groups in total. The summed E-state index contributed by atoms with van der Waals surface area (Å²) in [5.74, 6) is 2.52. The van der Waals surface area contributed by atoms with Crippen molar-refractivity contribution in [1.82, 2.24) is 5.32 Å². The van der Waals surface area contributed by atoms with Crippen LogP contribution >= 0.6 is 0 Å². The molecule has 122 valence electrons. The highest BCUT2D eigenvalue weighted by Gasteiger charge is 2.22. The monoisotopic (exact) mass is 312 g/mol. The van der Waals surface area contributed by atoms with E-state index in [0.717, 1.165) is 37.7 Å². The van der Waals surface area contributed by atoms with Crippen molar-refractivity contribution in [1.29, 1.82) is 0 Å². The van der Waals surface area contributed by atoms with Gasteiger partial charge in [0, 0.05) is 37.9 Å². The summed E-state index contributed by atoms with van der Waals surface area (Å²) >= 11 is 0. The third-order valence-corrected chi connectivity index (χ3v) is 4.22. The molecule has 2 heterocycles. The number of rotatable bonds is 7. The zero-order valence-electron chi connectivity index (χ0n) is 13.6. The first-order valence-electron chi connectivity index (χ1n) is 8.15. The van der Waals surface area contributed by atoms with Crippen LogP contribution in [0.3, 0.4) is 0 Å². The summed E-state index contributed by atoms with van der Waals surface area (Å²) in [4.78, 5) is 2.44. The lowest BCUT2D eigenvalue weighted by Gasteiger charge is -2.19. The van der Waals surface area contributed by atoms with Crippen LogP contribution in [-0.2, 0) is 0 Å². The minimum Gasteiger partial charge on any atom is -0.497 e. The second-order valence-electron chi connectivity index (χ2n) is 5.88. The number of furan rings is 1. The zero-order valence-corrected chi connectivity index (χ0v) is 13.6.